The molecule has 1 aromatic carbocycles. The summed E-state index contributed by atoms with van der Waals surface area (Å²) in [4.78, 5) is 10.8. The Kier molecular flexibility index (Phi) is 4.84. The monoisotopic (exact) mass is 206 g/mol. The summed E-state index contributed by atoms with van der Waals surface area (Å²) in [5.41, 5.74) is 5.43. The summed E-state index contributed by atoms with van der Waals surface area (Å²) >= 11 is 0. The molecule has 82 valence electrons. The molecule has 2 rings (SSSR count). The summed E-state index contributed by atoms with van der Waals surface area (Å²) in [5.74, 6) is -0.00579. The van der Waals surface area contributed by atoms with Gasteiger partial charge in [0.25, 0.3) is 0 Å². The fraction of sp³-hybridized carbons (Fsp3) is 0.417. The van der Waals surface area contributed by atoms with Gasteiger partial charge in [-0.05, 0) is 19.8 Å². The molecule has 3 nitrogen and oxygen atoms in total. The van der Waals surface area contributed by atoms with Crippen molar-refractivity contribution >= 4 is 5.91 Å². The number of carbonyl (C=O) groups excluding carboxylic acids is 1. The van der Waals surface area contributed by atoms with Gasteiger partial charge in [-0.15, -0.1) is 0 Å². The highest BCUT2D eigenvalue weighted by Crippen LogP contribution is 2.05. The topological polar surface area (TPSA) is 55.1 Å². The minimum atomic E-state index is -0.263. The molecule has 0 saturated carbocycles. The lowest BCUT2D eigenvalue weighted by Crippen LogP contribution is -2.49. The number of piperidine rings is 1. The molecule has 1 heterocycles. The van der Waals surface area contributed by atoms with Crippen LogP contribution in [-0.4, -0.2) is 18.0 Å². The molecule has 0 radical (unpaired) electrons. The van der Waals surface area contributed by atoms with Crippen molar-refractivity contribution < 1.29 is 4.79 Å². The van der Waals surface area contributed by atoms with Crippen molar-refractivity contribution in [1.29, 1.82) is 0 Å². The van der Waals surface area contributed by atoms with Crippen molar-refractivity contribution in [1.82, 2.24) is 5.32 Å². The van der Waals surface area contributed by atoms with E-state index >= 15 is 0 Å². The van der Waals surface area contributed by atoms with Gasteiger partial charge in [-0.1, -0.05) is 36.4 Å². The highest BCUT2D eigenvalue weighted by Gasteiger charge is 2.21. The maximum absolute atomic E-state index is 10.8. The predicted octanol–water partition coefficient (Wildman–Crippen LogP) is 1.30. The number of nitrogens with one attached hydrogen (secondary N) is 1. The molecule has 0 aromatic heterocycles. The smallest absolute Gasteiger partial charge is 0.237 e. The maximum atomic E-state index is 10.8. The Balaban J connectivity index is 0.000000162. The van der Waals surface area contributed by atoms with Crippen molar-refractivity contribution in [2.45, 2.75) is 31.8 Å². The zero-order chi connectivity index (χ0) is 11.1. The Morgan fingerprint density at radius 3 is 1.93 bits per heavy atom. The predicted molar refractivity (Wildman–Crippen MR) is 61.3 cm³/mol. The number of hydrogen-bond acceptors (Lipinski definition) is 2. The fourth-order valence-corrected chi connectivity index (χ4v) is 1.37. The number of rotatable bonds is 0. The van der Waals surface area contributed by atoms with E-state index < -0.39 is 0 Å². The first-order valence-corrected chi connectivity index (χ1v) is 5.26. The van der Waals surface area contributed by atoms with Crippen LogP contribution in [0.15, 0.2) is 36.4 Å². The summed E-state index contributed by atoms with van der Waals surface area (Å²) in [7, 11) is 0. The summed E-state index contributed by atoms with van der Waals surface area (Å²) in [5, 5.41) is 2.77. The van der Waals surface area contributed by atoms with Crippen LogP contribution < -0.4 is 11.1 Å². The Morgan fingerprint density at radius 1 is 1.13 bits per heavy atom. The van der Waals surface area contributed by atoms with E-state index in [2.05, 4.69) is 5.32 Å². The minimum Gasteiger partial charge on any atom is -0.352 e. The van der Waals surface area contributed by atoms with E-state index in [4.69, 9.17) is 5.73 Å². The normalized spacial score (nSPS) is 24.8. The van der Waals surface area contributed by atoms with Gasteiger partial charge in [-0.25, -0.2) is 0 Å². The molecule has 0 aliphatic carbocycles. The van der Waals surface area contributed by atoms with Crippen LogP contribution in [0, 0.1) is 0 Å². The molecule has 1 aromatic rings. The molecule has 0 unspecified atom stereocenters. The molecule has 1 amide bonds. The van der Waals surface area contributed by atoms with E-state index in [-0.39, 0.29) is 11.9 Å². The van der Waals surface area contributed by atoms with Crippen molar-refractivity contribution in [2.24, 2.45) is 5.73 Å². The van der Waals surface area contributed by atoms with Gasteiger partial charge in [-0.3, -0.25) is 4.79 Å². The Bertz CT molecular complexity index is 260. The molecular weight excluding hydrogens is 188 g/mol. The van der Waals surface area contributed by atoms with Gasteiger partial charge >= 0.3 is 0 Å². The van der Waals surface area contributed by atoms with Crippen LogP contribution in [-0.2, 0) is 4.79 Å². The molecule has 0 bridgehead atoms. The molecule has 1 fully saturated rings. The second-order valence-corrected chi connectivity index (χ2v) is 3.75. The number of hydrogen-bond donors (Lipinski definition) is 2. The van der Waals surface area contributed by atoms with Crippen molar-refractivity contribution in [3.63, 3.8) is 0 Å². The molecule has 1 aliphatic heterocycles. The first-order chi connectivity index (χ1) is 7.20. The largest absolute Gasteiger partial charge is 0.352 e. The second-order valence-electron chi connectivity index (χ2n) is 3.75. The lowest BCUT2D eigenvalue weighted by atomic mass is 10.0. The zero-order valence-electron chi connectivity index (χ0n) is 9.02. The van der Waals surface area contributed by atoms with E-state index in [0.29, 0.717) is 6.04 Å². The van der Waals surface area contributed by atoms with Gasteiger partial charge in [0.2, 0.25) is 5.91 Å². The molecule has 2 atom stereocenters. The van der Waals surface area contributed by atoms with Crippen LogP contribution in [0.2, 0.25) is 0 Å². The van der Waals surface area contributed by atoms with Crippen molar-refractivity contribution in [3.05, 3.63) is 36.4 Å². The lowest BCUT2D eigenvalue weighted by molar-refractivity contribution is -0.124. The van der Waals surface area contributed by atoms with Gasteiger partial charge in [0.1, 0.15) is 0 Å². The minimum absolute atomic E-state index is 0.00579. The molecule has 3 heteroatoms. The first kappa shape index (κ1) is 11.7. The highest BCUT2D eigenvalue weighted by atomic mass is 16.2. The quantitative estimate of drug-likeness (QED) is 0.672. The van der Waals surface area contributed by atoms with Crippen LogP contribution in [0.3, 0.4) is 0 Å². The van der Waals surface area contributed by atoms with E-state index in [0.717, 1.165) is 12.8 Å². The fourth-order valence-electron chi connectivity index (χ4n) is 1.37. The van der Waals surface area contributed by atoms with Crippen molar-refractivity contribution in [2.75, 3.05) is 0 Å². The van der Waals surface area contributed by atoms with E-state index in [1.807, 2.05) is 43.3 Å². The number of benzene rings is 1. The van der Waals surface area contributed by atoms with Crippen LogP contribution in [0.4, 0.5) is 0 Å². The number of carbonyl (C=O) groups is 1. The van der Waals surface area contributed by atoms with Gasteiger partial charge in [0, 0.05) is 6.04 Å². The molecular formula is C12H18N2O. The van der Waals surface area contributed by atoms with Crippen LogP contribution in [0.1, 0.15) is 19.8 Å². The molecule has 3 N–H and O–H groups in total. The van der Waals surface area contributed by atoms with Crippen LogP contribution in [0.25, 0.3) is 0 Å². The zero-order valence-corrected chi connectivity index (χ0v) is 9.02. The third-order valence-corrected chi connectivity index (χ3v) is 2.30. The maximum Gasteiger partial charge on any atom is 0.237 e. The Labute approximate surface area is 90.7 Å². The van der Waals surface area contributed by atoms with E-state index in [1.165, 1.54) is 0 Å². The third kappa shape index (κ3) is 4.61. The van der Waals surface area contributed by atoms with Crippen molar-refractivity contribution in [3.8, 4) is 0 Å². The second kappa shape index (κ2) is 6.19. The summed E-state index contributed by atoms with van der Waals surface area (Å²) in [6.07, 6.45) is 1.83. The summed E-state index contributed by atoms with van der Waals surface area (Å²) in [6.45, 7) is 1.99. The number of nitrogens with two attached hydrogens (primary N) is 1. The SMILES string of the molecule is C[C@H]1CC[C@@H](N)C(=O)N1.c1ccccc1. The van der Waals surface area contributed by atoms with Gasteiger partial charge < -0.3 is 11.1 Å². The molecule has 1 aliphatic rings. The van der Waals surface area contributed by atoms with Crippen LogP contribution in [0.5, 0.6) is 0 Å². The lowest BCUT2D eigenvalue weighted by Gasteiger charge is -2.23. The summed E-state index contributed by atoms with van der Waals surface area (Å²) in [6, 6.07) is 12.1. The average molecular weight is 206 g/mol. The van der Waals surface area contributed by atoms with E-state index in [9.17, 15) is 4.79 Å². The Morgan fingerprint density at radius 2 is 1.60 bits per heavy atom. The first-order valence-electron chi connectivity index (χ1n) is 5.26. The van der Waals surface area contributed by atoms with Gasteiger partial charge in [0.05, 0.1) is 6.04 Å². The summed E-state index contributed by atoms with van der Waals surface area (Å²) < 4.78 is 0. The van der Waals surface area contributed by atoms with E-state index in [1.54, 1.807) is 0 Å². The third-order valence-electron chi connectivity index (χ3n) is 2.30. The Hall–Kier alpha value is -1.35. The average Bonchev–Trinajstić information content (AvgIpc) is 2.27. The van der Waals surface area contributed by atoms with Crippen LogP contribution >= 0.6 is 0 Å². The van der Waals surface area contributed by atoms with Gasteiger partial charge in [-0.2, -0.15) is 0 Å². The molecule has 15 heavy (non-hydrogen) atoms. The standard InChI is InChI=1S/C6H12N2O.C6H6/c1-4-2-3-5(7)6(9)8-4;1-2-4-6-5-3-1/h4-5H,2-3,7H2,1H3,(H,8,9);1-6H/t4-,5+;/m0./s1. The number of amides is 1. The molecule has 1 saturated heterocycles. The van der Waals surface area contributed by atoms with Gasteiger partial charge in [0.15, 0.2) is 0 Å². The highest BCUT2D eigenvalue weighted by molar-refractivity contribution is 5.82. The molecule has 0 spiro atoms.